The molecule has 0 rings (SSSR count). The van der Waals surface area contributed by atoms with E-state index in [1.807, 2.05) is 0 Å². The molecule has 0 aliphatic heterocycles. The van der Waals surface area contributed by atoms with Crippen LogP contribution in [-0.2, 0) is 17.1 Å². The van der Waals surface area contributed by atoms with E-state index in [0.717, 1.165) is 5.34 Å². The molecule has 13 heteroatoms. The summed E-state index contributed by atoms with van der Waals surface area (Å²) < 4.78 is 0. The Bertz CT molecular complexity index is 146. The van der Waals surface area contributed by atoms with Crippen LogP contribution in [0.1, 0.15) is 0 Å². The minimum absolute atomic E-state index is 0. The molecule has 0 atom stereocenters. The second-order valence-electron chi connectivity index (χ2n) is 0.0745. The van der Waals surface area contributed by atoms with E-state index in [4.69, 9.17) is 81.1 Å². The molecule has 0 spiro atoms. The maximum Gasteiger partial charge on any atom is 6.00 e. The summed E-state index contributed by atoms with van der Waals surface area (Å²) in [4.78, 5) is 8.00. The summed E-state index contributed by atoms with van der Waals surface area (Å²) in [5, 5.41) is 46.5. The van der Waals surface area contributed by atoms with Gasteiger partial charge in [-0.1, -0.05) is 0 Å². The number of nitrogens with zero attached hydrogens (tertiary/aromatic N) is 7. The van der Waals surface area contributed by atoms with Crippen LogP contribution >= 0.6 is 0 Å². The van der Waals surface area contributed by atoms with Gasteiger partial charge in [0.15, 0.2) is 0 Å². The van der Waals surface area contributed by atoms with Crippen LogP contribution in [-0.4, -0.2) is 103 Å². The summed E-state index contributed by atoms with van der Waals surface area (Å²) in [6.07, 6.45) is 0. The van der Waals surface area contributed by atoms with Crippen LogP contribution in [0.3, 0.4) is 0 Å². The van der Waals surface area contributed by atoms with Gasteiger partial charge < -0.3 is 81.1 Å². The molecule has 0 aromatic heterocycles. The summed E-state index contributed by atoms with van der Waals surface area (Å²) in [6, 6.07) is 0. The summed E-state index contributed by atoms with van der Waals surface area (Å²) in [5.41, 5.74) is 0. The van der Waals surface area contributed by atoms with Crippen molar-refractivity contribution >= 4 is 103 Å². The van der Waals surface area contributed by atoms with Crippen LogP contribution in [0.15, 0.2) is 5.34 Å². The Hall–Kier alpha value is 1.77. The van der Waals surface area contributed by atoms with Crippen LogP contribution in [0.4, 0.5) is 0 Å². The molecule has 0 aliphatic carbocycles. The summed E-state index contributed by atoms with van der Waals surface area (Å²) in [6.45, 7) is 28.5. The smallest absolute Gasteiger partial charge is 0.512 e. The maximum absolute atomic E-state index is 8.00. The van der Waals surface area contributed by atoms with Crippen molar-refractivity contribution in [3.63, 3.8) is 0 Å². The minimum Gasteiger partial charge on any atom is -0.512 e. The van der Waals surface area contributed by atoms with Crippen molar-refractivity contribution < 1.29 is 68.5 Å². The van der Waals surface area contributed by atoms with Gasteiger partial charge in [0.25, 0.3) is 0 Å². The second kappa shape index (κ2) is 909. The first kappa shape index (κ1) is 85.1. The van der Waals surface area contributed by atoms with E-state index in [1.54, 1.807) is 0 Å². The van der Waals surface area contributed by atoms with Crippen molar-refractivity contribution in [3.8, 4) is 0 Å². The van der Waals surface area contributed by atoms with Crippen molar-refractivity contribution in [2.45, 2.75) is 0 Å². The molecular weight excluding hydrogens is 375 g/mol. The van der Waals surface area contributed by atoms with Crippen LogP contribution in [0.2, 0.25) is 0 Å². The molecule has 19 heavy (non-hydrogen) atoms. The molecule has 0 heterocycles. The van der Waals surface area contributed by atoms with E-state index < -0.39 is 0 Å². The van der Waals surface area contributed by atoms with Crippen LogP contribution in [0, 0.1) is 81.1 Å². The Morgan fingerprint density at radius 3 is 0.632 bits per heavy atom. The second-order valence-corrected chi connectivity index (χ2v) is 0.0745. The molecule has 0 aliphatic rings. The van der Waals surface area contributed by atoms with Crippen LogP contribution in [0.5, 0.6) is 0 Å². The summed E-state index contributed by atoms with van der Waals surface area (Å²) >= 11 is 0. The van der Waals surface area contributed by atoms with E-state index in [0.29, 0.717) is 0 Å². The Balaban J connectivity index is -0.00000000425. The molecule has 0 unspecified atom stereocenters. The number of rotatable bonds is 0. The number of hydrogen-bond donors (Lipinski definition) is 0. The van der Waals surface area contributed by atoms with Crippen molar-refractivity contribution in [1.82, 2.24) is 0 Å². The molecule has 2 radical (unpaired) electrons. The van der Waals surface area contributed by atoms with Crippen LogP contribution in [0.25, 0.3) is 0 Å². The minimum atomic E-state index is 0. The van der Waals surface area contributed by atoms with Crippen molar-refractivity contribution in [3.05, 3.63) is 49.5 Å². The average Bonchev–Trinajstić information content (AvgIpc) is 2.44. The van der Waals surface area contributed by atoms with Crippen LogP contribution < -0.4 is 51.4 Å². The van der Waals surface area contributed by atoms with E-state index in [2.05, 4.69) is 0 Å². The van der Waals surface area contributed by atoms with Crippen molar-refractivity contribution in [2.75, 3.05) is 0 Å². The predicted molar refractivity (Wildman–Crippen MR) is 50.5 cm³/mol. The van der Waals surface area contributed by atoms with Gasteiger partial charge in [0.05, 0.1) is 0 Å². The standard InChI is InChI=1S/6CN.Fe.3K.HNO2/c6*1-2;;;;;2-1-3/h;;;;;;;;;;(H,2,3)/q6*-1;+6;;;+1;/p-1. The van der Waals surface area contributed by atoms with Gasteiger partial charge in [-0.05, 0) is 0 Å². The van der Waals surface area contributed by atoms with E-state index in [-0.39, 0.29) is 171 Å². The molecule has 0 amide bonds. The summed E-state index contributed by atoms with van der Waals surface area (Å²) in [5.74, 6) is 0. The first-order valence-corrected chi connectivity index (χ1v) is 1.71. The molecular formula is C6FeK3N7O2. The Kier molecular flexibility index (Phi) is 4070. The largest absolute Gasteiger partial charge is 6.00 e. The topological polar surface area (TPSA) is 195 Å². The number of hydrogen-bond acceptors (Lipinski definition) is 9. The monoisotopic (exact) mass is 375 g/mol. The molecule has 0 aromatic carbocycles. The quantitative estimate of drug-likeness (QED) is 0.185. The predicted octanol–water partition coefficient (Wildman–Crippen LogP) is -2.93. The van der Waals surface area contributed by atoms with Gasteiger partial charge >= 0.3 is 68.5 Å². The molecule has 0 saturated heterocycles. The SMILES string of the molecule is O=N[O-].[C-]#N.[C-]#N.[C-]#N.[C-]#N.[C-]#N.[C-]#N.[Fe+6].[K+].[K].[K]. The molecule has 0 bridgehead atoms. The molecule has 0 saturated carbocycles. The van der Waals surface area contributed by atoms with Gasteiger partial charge in [-0.25, -0.2) is 0 Å². The average molecular weight is 375 g/mol. The normalized spacial score (nSPS) is 1.26. The Morgan fingerprint density at radius 1 is 0.632 bits per heavy atom. The molecule has 0 fully saturated rings. The fourth-order valence-corrected chi connectivity index (χ4v) is 0. The first-order chi connectivity index (χ1) is 7.41. The fraction of sp³-hybridized carbons (Fsp3) is 0. The van der Waals surface area contributed by atoms with Gasteiger partial charge in [-0.3, -0.25) is 0 Å². The zero-order valence-electron chi connectivity index (χ0n) is 10.3. The molecule has 82 valence electrons. The fourth-order valence-electron chi connectivity index (χ4n) is 0. The van der Waals surface area contributed by atoms with Crippen molar-refractivity contribution in [2.24, 2.45) is 5.34 Å². The van der Waals surface area contributed by atoms with E-state index in [9.17, 15) is 0 Å². The first-order valence-electron chi connectivity index (χ1n) is 1.71. The maximum atomic E-state index is 8.00. The third-order valence-corrected chi connectivity index (χ3v) is 0. The van der Waals surface area contributed by atoms with Gasteiger partial charge in [-0.2, -0.15) is 0 Å². The van der Waals surface area contributed by atoms with Gasteiger partial charge in [0, 0.05) is 103 Å². The van der Waals surface area contributed by atoms with Gasteiger partial charge in [0.1, 0.15) is 0 Å². The van der Waals surface area contributed by atoms with Gasteiger partial charge in [-0.15, -0.1) is 5.34 Å². The third-order valence-electron chi connectivity index (χ3n) is 0. The van der Waals surface area contributed by atoms with E-state index in [1.165, 1.54) is 0 Å². The Labute approximate surface area is 251 Å². The molecule has 9 nitrogen and oxygen atoms in total. The summed E-state index contributed by atoms with van der Waals surface area (Å²) in [7, 11) is 0. The Morgan fingerprint density at radius 2 is 0.632 bits per heavy atom. The van der Waals surface area contributed by atoms with E-state index >= 15 is 0 Å². The molecule has 0 N–H and O–H groups in total. The third kappa shape index (κ3) is 2000. The zero-order chi connectivity index (χ0) is 14.7. The van der Waals surface area contributed by atoms with Gasteiger partial charge in [0.2, 0.25) is 0 Å². The zero-order valence-corrected chi connectivity index (χ0v) is 20.8. The van der Waals surface area contributed by atoms with Crippen molar-refractivity contribution in [1.29, 1.82) is 31.6 Å². The molecule has 0 aromatic rings.